The van der Waals surface area contributed by atoms with E-state index in [0.717, 1.165) is 24.3 Å². The van der Waals surface area contributed by atoms with Gasteiger partial charge in [-0.25, -0.2) is 4.98 Å². The molecule has 3 aliphatic heterocycles. The van der Waals surface area contributed by atoms with E-state index < -0.39 is 54.1 Å². The minimum absolute atomic E-state index is 0.00606. The van der Waals surface area contributed by atoms with E-state index in [1.54, 1.807) is 23.0 Å². The van der Waals surface area contributed by atoms with Gasteiger partial charge in [0.15, 0.2) is 11.4 Å². The number of anilines is 2. The lowest BCUT2D eigenvalue weighted by atomic mass is 10.0. The van der Waals surface area contributed by atoms with Crippen LogP contribution in [0, 0.1) is 0 Å². The highest BCUT2D eigenvalue weighted by atomic mass is 19.4. The zero-order valence-corrected chi connectivity index (χ0v) is 35.1. The maximum atomic E-state index is 13.2. The number of nitrogens with one attached hydrogen (secondary N) is 3. The molecule has 1 unspecified atom stereocenters. The van der Waals surface area contributed by atoms with Crippen molar-refractivity contribution in [3.05, 3.63) is 77.2 Å². The average Bonchev–Trinajstić information content (AvgIpc) is 4.01. The molecule has 6 amide bonds. The SMILES string of the molecule is NC(=O)c1nn(C2CCN(CCOCCOCCOCCNc3cccc4c3C(=O)N(C3CCC(=O)NC3=O)C4=O)CC2)cc1NC(=O)c1coc(-c2ccnc(CCC(F)(F)F)c2)n1. The summed E-state index contributed by atoms with van der Waals surface area (Å²) in [6.45, 7) is 4.74. The number of nitrogens with two attached hydrogens (primary N) is 1. The highest BCUT2D eigenvalue weighted by Gasteiger charge is 2.45. The standard InChI is InChI=1S/C42H47F3N10O10/c43-42(44,45)10-6-26-22-25(7-11-47-26)39-50-31(24-65-39)37(58)49-30-23-54(52-35(30)36(46)57)27-8-13-53(14-9-27)15-17-63-19-21-64-20-18-62-16-12-48-29-3-1-2-28-34(29)41(61)55(40(28)60)32-4-5-33(56)51-38(32)59/h1-3,7,11,22-24,27,32,48H,4-6,8-10,12-21H2,(H2,46,57)(H,49,58)(H,51,56,59). The zero-order valence-electron chi connectivity index (χ0n) is 35.1. The molecule has 6 heterocycles. The van der Waals surface area contributed by atoms with Crippen LogP contribution >= 0.6 is 0 Å². The van der Waals surface area contributed by atoms with Gasteiger partial charge in [0.25, 0.3) is 23.6 Å². The number of piperidine rings is 2. The molecule has 0 spiro atoms. The fourth-order valence-electron chi connectivity index (χ4n) is 7.63. The Kier molecular flexibility index (Phi) is 15.0. The molecule has 3 aromatic heterocycles. The van der Waals surface area contributed by atoms with Gasteiger partial charge in [0.2, 0.25) is 17.7 Å². The van der Waals surface area contributed by atoms with Gasteiger partial charge in [-0.3, -0.25) is 48.6 Å². The normalized spacial score (nSPS) is 17.1. The predicted octanol–water partition coefficient (Wildman–Crippen LogP) is 2.98. The summed E-state index contributed by atoms with van der Waals surface area (Å²) in [5, 5.41) is 12.3. The number of primary amides is 1. The molecule has 1 aromatic carbocycles. The quantitative estimate of drug-likeness (QED) is 0.0693. The lowest BCUT2D eigenvalue weighted by molar-refractivity contribution is -0.136. The molecule has 0 saturated carbocycles. The third-order valence-electron chi connectivity index (χ3n) is 10.9. The van der Waals surface area contributed by atoms with Crippen LogP contribution in [0.25, 0.3) is 11.5 Å². The minimum Gasteiger partial charge on any atom is -0.444 e. The lowest BCUT2D eigenvalue weighted by Crippen LogP contribution is -2.54. The number of halogens is 3. The Bertz CT molecular complexity index is 2400. The lowest BCUT2D eigenvalue weighted by Gasteiger charge is -2.31. The molecule has 5 N–H and O–H groups in total. The number of likely N-dealkylation sites (tertiary alicyclic amines) is 1. The topological polar surface area (TPSA) is 255 Å². The van der Waals surface area contributed by atoms with E-state index in [4.69, 9.17) is 24.4 Å². The number of carbonyl (C=O) groups is 6. The van der Waals surface area contributed by atoms with Crippen LogP contribution < -0.4 is 21.7 Å². The van der Waals surface area contributed by atoms with Crippen LogP contribution in [0.2, 0.25) is 0 Å². The van der Waals surface area contributed by atoms with Crippen molar-refractivity contribution in [2.24, 2.45) is 5.73 Å². The highest BCUT2D eigenvalue weighted by molar-refractivity contribution is 6.25. The summed E-state index contributed by atoms with van der Waals surface area (Å²) in [4.78, 5) is 86.8. The number of imide groups is 2. The molecular weight excluding hydrogens is 862 g/mol. The number of hydrogen-bond acceptors (Lipinski definition) is 15. The summed E-state index contributed by atoms with van der Waals surface area (Å²) in [6.07, 6.45) is -0.177. The summed E-state index contributed by atoms with van der Waals surface area (Å²) in [5.41, 5.74) is 6.78. The van der Waals surface area contributed by atoms with Gasteiger partial charge in [0, 0.05) is 68.4 Å². The summed E-state index contributed by atoms with van der Waals surface area (Å²) in [7, 11) is 0. The molecule has 20 nitrogen and oxygen atoms in total. The first-order valence-electron chi connectivity index (χ1n) is 21.0. The summed E-state index contributed by atoms with van der Waals surface area (Å²) in [6, 6.07) is 6.66. The number of aryl methyl sites for hydroxylation is 1. The fourth-order valence-corrected chi connectivity index (χ4v) is 7.63. The molecule has 2 saturated heterocycles. The molecule has 7 rings (SSSR count). The number of pyridine rings is 1. The third-order valence-corrected chi connectivity index (χ3v) is 10.9. The van der Waals surface area contributed by atoms with E-state index in [-0.39, 0.29) is 65.1 Å². The maximum Gasteiger partial charge on any atom is 0.389 e. The van der Waals surface area contributed by atoms with Crippen molar-refractivity contribution in [3.8, 4) is 11.5 Å². The van der Waals surface area contributed by atoms with Crippen LogP contribution in [0.3, 0.4) is 0 Å². The van der Waals surface area contributed by atoms with Gasteiger partial charge in [-0.15, -0.1) is 0 Å². The second kappa shape index (κ2) is 21.0. The fraction of sp³-hybridized carbons (Fsp3) is 0.452. The van der Waals surface area contributed by atoms with Gasteiger partial charge >= 0.3 is 6.18 Å². The average molecular weight is 909 g/mol. The number of ether oxygens (including phenoxy) is 3. The predicted molar refractivity (Wildman–Crippen MR) is 222 cm³/mol. The summed E-state index contributed by atoms with van der Waals surface area (Å²) >= 11 is 0. The molecule has 3 aliphatic rings. The third kappa shape index (κ3) is 11.8. The number of carbonyl (C=O) groups excluding carboxylic acids is 6. The number of hydrogen-bond donors (Lipinski definition) is 4. The van der Waals surface area contributed by atoms with E-state index in [9.17, 15) is 41.9 Å². The van der Waals surface area contributed by atoms with Crippen LogP contribution in [0.15, 0.2) is 53.4 Å². The van der Waals surface area contributed by atoms with E-state index in [2.05, 4.69) is 35.9 Å². The molecule has 0 aliphatic carbocycles. The number of nitrogens with zero attached hydrogens (tertiary/aromatic N) is 6. The Morgan fingerprint density at radius 2 is 1.68 bits per heavy atom. The van der Waals surface area contributed by atoms with Gasteiger partial charge in [0.1, 0.15) is 12.3 Å². The van der Waals surface area contributed by atoms with Crippen molar-refractivity contribution < 1.29 is 60.6 Å². The summed E-state index contributed by atoms with van der Waals surface area (Å²) in [5.74, 6) is -3.80. The second-order valence-corrected chi connectivity index (χ2v) is 15.4. The highest BCUT2D eigenvalue weighted by Crippen LogP contribution is 2.33. The second-order valence-electron chi connectivity index (χ2n) is 15.4. The van der Waals surface area contributed by atoms with Crippen LogP contribution in [-0.2, 0) is 30.2 Å². The molecule has 2 fully saturated rings. The number of fused-ring (bicyclic) bond motifs is 1. The molecular formula is C42H47F3N10O10. The number of amides is 6. The number of alkyl halides is 3. The van der Waals surface area contributed by atoms with Crippen molar-refractivity contribution in [3.63, 3.8) is 0 Å². The van der Waals surface area contributed by atoms with Crippen molar-refractivity contribution in [2.45, 2.75) is 56.8 Å². The molecule has 1 atom stereocenters. The maximum absolute atomic E-state index is 13.2. The molecule has 346 valence electrons. The van der Waals surface area contributed by atoms with Gasteiger partial charge in [0.05, 0.1) is 62.5 Å². The monoisotopic (exact) mass is 908 g/mol. The smallest absolute Gasteiger partial charge is 0.389 e. The largest absolute Gasteiger partial charge is 0.444 e. The Morgan fingerprint density at radius 3 is 2.40 bits per heavy atom. The molecule has 0 bridgehead atoms. The Hall–Kier alpha value is -6.56. The van der Waals surface area contributed by atoms with E-state index in [1.807, 2.05) is 0 Å². The van der Waals surface area contributed by atoms with E-state index in [1.165, 1.54) is 24.4 Å². The Labute approximate surface area is 369 Å². The molecule has 0 radical (unpaired) electrons. The Balaban J connectivity index is 0.754. The van der Waals surface area contributed by atoms with Gasteiger partial charge in [-0.1, -0.05) is 6.07 Å². The van der Waals surface area contributed by atoms with Crippen LogP contribution in [-0.4, -0.2) is 143 Å². The van der Waals surface area contributed by atoms with Crippen LogP contribution in [0.1, 0.15) is 85.5 Å². The van der Waals surface area contributed by atoms with E-state index in [0.29, 0.717) is 76.8 Å². The zero-order chi connectivity index (χ0) is 46.1. The number of oxazole rings is 1. The molecule has 65 heavy (non-hydrogen) atoms. The van der Waals surface area contributed by atoms with Crippen molar-refractivity contribution >= 4 is 46.8 Å². The number of rotatable bonds is 21. The first-order chi connectivity index (χ1) is 31.3. The van der Waals surface area contributed by atoms with Crippen LogP contribution in [0.4, 0.5) is 24.5 Å². The van der Waals surface area contributed by atoms with Gasteiger partial charge in [-0.2, -0.15) is 18.3 Å². The number of aromatic nitrogens is 4. The van der Waals surface area contributed by atoms with Gasteiger partial charge < -0.3 is 39.9 Å². The number of benzene rings is 1. The van der Waals surface area contributed by atoms with Crippen molar-refractivity contribution in [1.29, 1.82) is 0 Å². The summed E-state index contributed by atoms with van der Waals surface area (Å²) < 4.78 is 62.1. The molecule has 23 heteroatoms. The molecule has 4 aromatic rings. The first kappa shape index (κ1) is 46.4. The van der Waals surface area contributed by atoms with E-state index >= 15 is 0 Å². The Morgan fingerprint density at radius 1 is 0.938 bits per heavy atom. The first-order valence-corrected chi connectivity index (χ1v) is 21.0. The van der Waals surface area contributed by atoms with Gasteiger partial charge in [-0.05, 0) is 49.9 Å². The van der Waals surface area contributed by atoms with Crippen molar-refractivity contribution in [1.82, 2.24) is 34.9 Å². The minimum atomic E-state index is -4.33. The van der Waals surface area contributed by atoms with Crippen LogP contribution in [0.5, 0.6) is 0 Å². The van der Waals surface area contributed by atoms with Crippen molar-refractivity contribution in [2.75, 3.05) is 76.5 Å².